The molecule has 2 heterocycles. The summed E-state index contributed by atoms with van der Waals surface area (Å²) in [4.78, 5) is 29.0. The van der Waals surface area contributed by atoms with Crippen LogP contribution in [0.2, 0.25) is 10.0 Å². The SMILES string of the molecule is O=C(c1cc(F)c(Cl)cc1Cl)N1CCC(C(=O)N2CCCCCC2)CC1. The highest BCUT2D eigenvalue weighted by molar-refractivity contribution is 6.36. The monoisotopic (exact) mass is 400 g/mol. The summed E-state index contributed by atoms with van der Waals surface area (Å²) in [6.45, 7) is 2.64. The summed E-state index contributed by atoms with van der Waals surface area (Å²) in [5, 5.41) is 0.0393. The maximum absolute atomic E-state index is 13.7. The molecule has 26 heavy (non-hydrogen) atoms. The van der Waals surface area contributed by atoms with Crippen LogP contribution in [0.3, 0.4) is 0 Å². The number of hydrogen-bond donors (Lipinski definition) is 0. The zero-order valence-corrected chi connectivity index (χ0v) is 16.2. The quantitative estimate of drug-likeness (QED) is 0.690. The molecule has 4 nitrogen and oxygen atoms in total. The number of nitrogens with zero attached hydrogens (tertiary/aromatic N) is 2. The van der Waals surface area contributed by atoms with Crippen LogP contribution < -0.4 is 0 Å². The molecule has 0 atom stereocenters. The van der Waals surface area contributed by atoms with Gasteiger partial charge < -0.3 is 9.80 Å². The van der Waals surface area contributed by atoms with Crippen molar-refractivity contribution in [3.63, 3.8) is 0 Å². The fraction of sp³-hybridized carbons (Fsp3) is 0.579. The number of rotatable bonds is 2. The van der Waals surface area contributed by atoms with E-state index in [1.165, 1.54) is 18.9 Å². The Morgan fingerprint density at radius 3 is 2.12 bits per heavy atom. The van der Waals surface area contributed by atoms with Gasteiger partial charge in [-0.05, 0) is 37.8 Å². The van der Waals surface area contributed by atoms with Gasteiger partial charge in [-0.15, -0.1) is 0 Å². The van der Waals surface area contributed by atoms with Crippen LogP contribution in [0.4, 0.5) is 4.39 Å². The number of likely N-dealkylation sites (tertiary alicyclic amines) is 2. The topological polar surface area (TPSA) is 40.6 Å². The molecule has 0 aliphatic carbocycles. The Kier molecular flexibility index (Phi) is 6.41. The Balaban J connectivity index is 1.60. The summed E-state index contributed by atoms with van der Waals surface area (Å²) in [5.74, 6) is -0.791. The van der Waals surface area contributed by atoms with Crippen molar-refractivity contribution >= 4 is 35.0 Å². The number of hydrogen-bond acceptors (Lipinski definition) is 2. The van der Waals surface area contributed by atoms with Crippen LogP contribution >= 0.6 is 23.2 Å². The van der Waals surface area contributed by atoms with Crippen LogP contribution in [0.25, 0.3) is 0 Å². The summed E-state index contributed by atoms with van der Waals surface area (Å²) in [5.41, 5.74) is 0.117. The second-order valence-corrected chi connectivity index (χ2v) is 7.87. The molecule has 0 unspecified atom stereocenters. The molecular weight excluding hydrogens is 378 g/mol. The highest BCUT2D eigenvalue weighted by Gasteiger charge is 2.31. The molecule has 7 heteroatoms. The van der Waals surface area contributed by atoms with Crippen molar-refractivity contribution in [2.75, 3.05) is 26.2 Å². The average Bonchev–Trinajstić information content (AvgIpc) is 2.93. The molecular formula is C19H23Cl2FN2O2. The average molecular weight is 401 g/mol. The lowest BCUT2D eigenvalue weighted by molar-refractivity contribution is -0.136. The number of carbonyl (C=O) groups excluding carboxylic acids is 2. The molecule has 0 aromatic heterocycles. The van der Waals surface area contributed by atoms with Gasteiger partial charge >= 0.3 is 0 Å². The molecule has 0 bridgehead atoms. The minimum atomic E-state index is -0.661. The molecule has 2 aliphatic rings. The molecule has 1 aromatic rings. The largest absolute Gasteiger partial charge is 0.342 e. The maximum atomic E-state index is 13.7. The number of carbonyl (C=O) groups is 2. The smallest absolute Gasteiger partial charge is 0.255 e. The van der Waals surface area contributed by atoms with Gasteiger partial charge in [0.25, 0.3) is 5.91 Å². The Morgan fingerprint density at radius 1 is 0.885 bits per heavy atom. The van der Waals surface area contributed by atoms with Crippen LogP contribution in [0, 0.1) is 11.7 Å². The van der Waals surface area contributed by atoms with Gasteiger partial charge in [0.1, 0.15) is 5.82 Å². The van der Waals surface area contributed by atoms with E-state index < -0.39 is 5.82 Å². The van der Waals surface area contributed by atoms with Crippen molar-refractivity contribution in [1.82, 2.24) is 9.80 Å². The Labute approximate surface area is 163 Å². The predicted molar refractivity (Wildman–Crippen MR) is 100 cm³/mol. The van der Waals surface area contributed by atoms with E-state index in [1.54, 1.807) is 4.90 Å². The van der Waals surface area contributed by atoms with Gasteiger partial charge in [-0.25, -0.2) is 4.39 Å². The molecule has 2 aliphatic heterocycles. The second-order valence-electron chi connectivity index (χ2n) is 7.05. The lowest BCUT2D eigenvalue weighted by atomic mass is 9.94. The fourth-order valence-corrected chi connectivity index (χ4v) is 4.20. The first kappa shape index (κ1) is 19.4. The van der Waals surface area contributed by atoms with Gasteiger partial charge in [0.15, 0.2) is 0 Å². The highest BCUT2D eigenvalue weighted by Crippen LogP contribution is 2.28. The van der Waals surface area contributed by atoms with Crippen LogP contribution in [-0.4, -0.2) is 47.8 Å². The van der Waals surface area contributed by atoms with Gasteiger partial charge in [-0.3, -0.25) is 9.59 Å². The third kappa shape index (κ3) is 4.32. The first-order valence-electron chi connectivity index (χ1n) is 9.20. The second kappa shape index (κ2) is 8.57. The molecule has 0 spiro atoms. The standard InChI is InChI=1S/C19H23Cl2FN2O2/c20-15-12-16(21)17(22)11-14(15)19(26)24-9-5-13(6-10-24)18(25)23-7-3-1-2-4-8-23/h11-13H,1-10H2. The van der Waals surface area contributed by atoms with E-state index in [-0.39, 0.29) is 33.3 Å². The maximum Gasteiger partial charge on any atom is 0.255 e. The normalized spacial score (nSPS) is 19.3. The van der Waals surface area contributed by atoms with Crippen molar-refractivity contribution in [2.24, 2.45) is 5.92 Å². The van der Waals surface area contributed by atoms with Gasteiger partial charge in [0.2, 0.25) is 5.91 Å². The Hall–Kier alpha value is -1.33. The number of benzene rings is 1. The zero-order chi connectivity index (χ0) is 18.7. The zero-order valence-electron chi connectivity index (χ0n) is 14.6. The van der Waals surface area contributed by atoms with Crippen molar-refractivity contribution < 1.29 is 14.0 Å². The van der Waals surface area contributed by atoms with Crippen molar-refractivity contribution in [1.29, 1.82) is 0 Å². The van der Waals surface area contributed by atoms with E-state index in [0.717, 1.165) is 32.0 Å². The summed E-state index contributed by atoms with van der Waals surface area (Å²) in [7, 11) is 0. The van der Waals surface area contributed by atoms with Gasteiger partial charge in [0, 0.05) is 32.1 Å². The van der Waals surface area contributed by atoms with E-state index in [4.69, 9.17) is 23.2 Å². The molecule has 0 radical (unpaired) electrons. The van der Waals surface area contributed by atoms with Crippen LogP contribution in [0.15, 0.2) is 12.1 Å². The minimum Gasteiger partial charge on any atom is -0.342 e. The number of halogens is 3. The third-order valence-corrected chi connectivity index (χ3v) is 5.89. The molecule has 0 N–H and O–H groups in total. The van der Waals surface area contributed by atoms with Crippen molar-refractivity contribution in [2.45, 2.75) is 38.5 Å². The van der Waals surface area contributed by atoms with Crippen LogP contribution in [0.1, 0.15) is 48.9 Å². The lowest BCUT2D eigenvalue weighted by Gasteiger charge is -2.34. The molecule has 2 saturated heterocycles. The summed E-state index contributed by atoms with van der Waals surface area (Å²) in [6.07, 6.45) is 5.79. The summed E-state index contributed by atoms with van der Waals surface area (Å²) >= 11 is 11.7. The van der Waals surface area contributed by atoms with Gasteiger partial charge in [-0.2, -0.15) is 0 Å². The minimum absolute atomic E-state index is 0.0328. The highest BCUT2D eigenvalue weighted by atomic mass is 35.5. The van der Waals surface area contributed by atoms with Crippen molar-refractivity contribution in [3.8, 4) is 0 Å². The van der Waals surface area contributed by atoms with E-state index >= 15 is 0 Å². The number of amides is 2. The predicted octanol–water partition coefficient (Wildman–Crippen LogP) is 4.39. The fourth-order valence-electron chi connectivity index (χ4n) is 3.74. The lowest BCUT2D eigenvalue weighted by Crippen LogP contribution is -2.44. The third-order valence-electron chi connectivity index (χ3n) is 5.29. The molecule has 3 rings (SSSR count). The van der Waals surface area contributed by atoms with Crippen molar-refractivity contribution in [3.05, 3.63) is 33.6 Å². The Morgan fingerprint density at radius 2 is 1.50 bits per heavy atom. The van der Waals surface area contributed by atoms with Crippen LogP contribution in [-0.2, 0) is 4.79 Å². The molecule has 2 fully saturated rings. The summed E-state index contributed by atoms with van der Waals surface area (Å²) < 4.78 is 13.7. The number of piperidine rings is 1. The first-order valence-corrected chi connectivity index (χ1v) is 9.95. The van der Waals surface area contributed by atoms with E-state index in [0.29, 0.717) is 25.9 Å². The molecule has 0 saturated carbocycles. The van der Waals surface area contributed by atoms with Crippen LogP contribution in [0.5, 0.6) is 0 Å². The van der Waals surface area contributed by atoms with Gasteiger partial charge in [-0.1, -0.05) is 36.0 Å². The van der Waals surface area contributed by atoms with E-state index in [2.05, 4.69) is 0 Å². The first-order chi connectivity index (χ1) is 12.5. The van der Waals surface area contributed by atoms with Gasteiger partial charge in [0.05, 0.1) is 15.6 Å². The van der Waals surface area contributed by atoms with E-state index in [1.807, 2.05) is 4.90 Å². The van der Waals surface area contributed by atoms with E-state index in [9.17, 15) is 14.0 Å². The summed E-state index contributed by atoms with van der Waals surface area (Å²) in [6, 6.07) is 2.34. The Bertz CT molecular complexity index is 682. The molecule has 2 amide bonds. The molecule has 1 aromatic carbocycles. The molecule has 142 valence electrons.